The van der Waals surface area contributed by atoms with Gasteiger partial charge < -0.3 is 5.11 Å². The van der Waals surface area contributed by atoms with E-state index in [1.807, 2.05) is 24.3 Å². The SMILES string of the molecule is Cc1ccc(C(=O)/C=C/c2cc(-c3ccc(CO)cc3)n[nH]2)c(F)c1. The second kappa shape index (κ2) is 7.23. The van der Waals surface area contributed by atoms with Crippen molar-refractivity contribution in [1.82, 2.24) is 10.2 Å². The standard InChI is InChI=1S/C20H17FN2O2/c1-13-2-8-17(18(21)10-13)20(25)9-7-16-11-19(23-22-16)15-5-3-14(12-24)4-6-15/h2-11,24H,12H2,1H3,(H,22,23)/b9-7+. The van der Waals surface area contributed by atoms with Crippen molar-refractivity contribution >= 4 is 11.9 Å². The number of H-pyrrole nitrogens is 1. The highest BCUT2D eigenvalue weighted by Crippen LogP contribution is 2.19. The minimum Gasteiger partial charge on any atom is -0.392 e. The summed E-state index contributed by atoms with van der Waals surface area (Å²) in [5.74, 6) is -0.926. The zero-order chi connectivity index (χ0) is 17.8. The first-order chi connectivity index (χ1) is 12.1. The van der Waals surface area contributed by atoms with E-state index in [2.05, 4.69) is 10.2 Å². The van der Waals surface area contributed by atoms with Crippen molar-refractivity contribution < 1.29 is 14.3 Å². The quantitative estimate of drug-likeness (QED) is 0.548. The van der Waals surface area contributed by atoms with Crippen LogP contribution < -0.4 is 0 Å². The van der Waals surface area contributed by atoms with E-state index in [0.717, 1.165) is 22.4 Å². The molecule has 0 aliphatic heterocycles. The monoisotopic (exact) mass is 336 g/mol. The van der Waals surface area contributed by atoms with E-state index in [-0.39, 0.29) is 12.2 Å². The van der Waals surface area contributed by atoms with Gasteiger partial charge in [0.2, 0.25) is 0 Å². The Morgan fingerprint density at radius 3 is 2.64 bits per heavy atom. The van der Waals surface area contributed by atoms with Crippen LogP contribution in [0.3, 0.4) is 0 Å². The summed E-state index contributed by atoms with van der Waals surface area (Å²) in [6.07, 6.45) is 2.89. The minimum atomic E-state index is -0.524. The van der Waals surface area contributed by atoms with Crippen molar-refractivity contribution in [2.75, 3.05) is 0 Å². The van der Waals surface area contributed by atoms with Gasteiger partial charge in [-0.1, -0.05) is 30.3 Å². The van der Waals surface area contributed by atoms with Gasteiger partial charge in [-0.05, 0) is 48.4 Å². The molecule has 0 saturated heterocycles. The second-order valence-electron chi connectivity index (χ2n) is 5.74. The molecule has 0 aliphatic rings. The predicted molar refractivity (Wildman–Crippen MR) is 94.4 cm³/mol. The number of aliphatic hydroxyl groups is 1. The fraction of sp³-hybridized carbons (Fsp3) is 0.100. The number of benzene rings is 2. The van der Waals surface area contributed by atoms with Crippen LogP contribution in [0.2, 0.25) is 0 Å². The number of aryl methyl sites for hydroxylation is 1. The Balaban J connectivity index is 1.76. The molecular weight excluding hydrogens is 319 g/mol. The van der Waals surface area contributed by atoms with E-state index in [9.17, 15) is 9.18 Å². The van der Waals surface area contributed by atoms with Crippen LogP contribution in [0.15, 0.2) is 54.6 Å². The molecule has 3 rings (SSSR count). The number of halogens is 1. The number of nitrogens with one attached hydrogen (secondary N) is 1. The Labute approximate surface area is 144 Å². The van der Waals surface area contributed by atoms with Gasteiger partial charge in [-0.25, -0.2) is 4.39 Å². The highest BCUT2D eigenvalue weighted by molar-refractivity contribution is 6.06. The molecular formula is C20H17FN2O2. The summed E-state index contributed by atoms with van der Waals surface area (Å²) in [6, 6.07) is 13.7. The van der Waals surface area contributed by atoms with Crippen LogP contribution in [0.25, 0.3) is 17.3 Å². The lowest BCUT2D eigenvalue weighted by Gasteiger charge is -1.99. The Morgan fingerprint density at radius 2 is 1.96 bits per heavy atom. The summed E-state index contributed by atoms with van der Waals surface area (Å²) in [5.41, 5.74) is 3.89. The first-order valence-corrected chi connectivity index (χ1v) is 7.81. The van der Waals surface area contributed by atoms with Crippen molar-refractivity contribution in [3.63, 3.8) is 0 Å². The molecule has 4 nitrogen and oxygen atoms in total. The van der Waals surface area contributed by atoms with E-state index in [1.54, 1.807) is 25.1 Å². The van der Waals surface area contributed by atoms with Crippen LogP contribution in [-0.4, -0.2) is 21.1 Å². The maximum Gasteiger partial charge on any atom is 0.188 e. The molecule has 0 amide bonds. The summed E-state index contributed by atoms with van der Waals surface area (Å²) >= 11 is 0. The van der Waals surface area contributed by atoms with Crippen LogP contribution in [0.1, 0.15) is 27.2 Å². The zero-order valence-electron chi connectivity index (χ0n) is 13.7. The molecule has 0 aliphatic carbocycles. The molecule has 0 saturated carbocycles. The fourth-order valence-electron chi connectivity index (χ4n) is 2.43. The summed E-state index contributed by atoms with van der Waals surface area (Å²) in [7, 11) is 0. The van der Waals surface area contributed by atoms with Gasteiger partial charge in [0.15, 0.2) is 5.78 Å². The van der Waals surface area contributed by atoms with E-state index < -0.39 is 11.6 Å². The molecule has 0 radical (unpaired) electrons. The molecule has 2 aromatic carbocycles. The van der Waals surface area contributed by atoms with Gasteiger partial charge in [-0.3, -0.25) is 9.89 Å². The van der Waals surface area contributed by atoms with Crippen LogP contribution >= 0.6 is 0 Å². The van der Waals surface area contributed by atoms with Gasteiger partial charge in [0, 0.05) is 5.56 Å². The Hall–Kier alpha value is -3.05. The predicted octanol–water partition coefficient (Wildman–Crippen LogP) is 3.91. The molecule has 25 heavy (non-hydrogen) atoms. The Kier molecular flexibility index (Phi) is 4.86. The summed E-state index contributed by atoms with van der Waals surface area (Å²) in [4.78, 5) is 12.1. The van der Waals surface area contributed by atoms with Gasteiger partial charge in [-0.2, -0.15) is 5.10 Å². The lowest BCUT2D eigenvalue weighted by Crippen LogP contribution is -1.98. The first kappa shape index (κ1) is 16.8. The largest absolute Gasteiger partial charge is 0.392 e. The lowest BCUT2D eigenvalue weighted by atomic mass is 10.1. The number of nitrogens with zero attached hydrogens (tertiary/aromatic N) is 1. The van der Waals surface area contributed by atoms with Gasteiger partial charge in [0.1, 0.15) is 5.82 Å². The number of aromatic amines is 1. The van der Waals surface area contributed by atoms with E-state index in [1.165, 1.54) is 18.2 Å². The molecule has 5 heteroatoms. The number of ketones is 1. The third kappa shape index (κ3) is 3.89. The van der Waals surface area contributed by atoms with E-state index in [4.69, 9.17) is 5.11 Å². The van der Waals surface area contributed by atoms with E-state index in [0.29, 0.717) is 5.69 Å². The van der Waals surface area contributed by atoms with Crippen molar-refractivity contribution in [1.29, 1.82) is 0 Å². The molecule has 3 aromatic rings. The van der Waals surface area contributed by atoms with Gasteiger partial charge in [-0.15, -0.1) is 0 Å². The molecule has 0 bridgehead atoms. The Bertz CT molecular complexity index is 927. The van der Waals surface area contributed by atoms with Crippen molar-refractivity contribution in [2.24, 2.45) is 0 Å². The lowest BCUT2D eigenvalue weighted by molar-refractivity contribution is 0.104. The fourth-order valence-corrected chi connectivity index (χ4v) is 2.43. The van der Waals surface area contributed by atoms with Crippen molar-refractivity contribution in [3.05, 3.63) is 82.8 Å². The van der Waals surface area contributed by atoms with Gasteiger partial charge >= 0.3 is 0 Å². The number of hydrogen-bond acceptors (Lipinski definition) is 3. The third-order valence-electron chi connectivity index (χ3n) is 3.83. The third-order valence-corrected chi connectivity index (χ3v) is 3.83. The molecule has 0 unspecified atom stereocenters. The number of carbonyl (C=O) groups is 1. The number of rotatable bonds is 5. The molecule has 1 aromatic heterocycles. The molecule has 0 atom stereocenters. The number of hydrogen-bond donors (Lipinski definition) is 2. The minimum absolute atomic E-state index is 0.00743. The number of carbonyl (C=O) groups excluding carboxylic acids is 1. The highest BCUT2D eigenvalue weighted by Gasteiger charge is 2.09. The average molecular weight is 336 g/mol. The number of aromatic nitrogens is 2. The number of aliphatic hydroxyl groups excluding tert-OH is 1. The number of allylic oxidation sites excluding steroid dienone is 1. The maximum absolute atomic E-state index is 13.8. The van der Waals surface area contributed by atoms with Crippen LogP contribution in [0.5, 0.6) is 0 Å². The van der Waals surface area contributed by atoms with Crippen LogP contribution in [0, 0.1) is 12.7 Å². The van der Waals surface area contributed by atoms with Crippen LogP contribution in [-0.2, 0) is 6.61 Å². The first-order valence-electron chi connectivity index (χ1n) is 7.81. The molecule has 1 heterocycles. The second-order valence-corrected chi connectivity index (χ2v) is 5.74. The van der Waals surface area contributed by atoms with Gasteiger partial charge in [0.05, 0.1) is 23.6 Å². The topological polar surface area (TPSA) is 66.0 Å². The Morgan fingerprint density at radius 1 is 1.20 bits per heavy atom. The average Bonchev–Trinajstić information content (AvgIpc) is 3.09. The van der Waals surface area contributed by atoms with Crippen molar-refractivity contribution in [3.8, 4) is 11.3 Å². The maximum atomic E-state index is 13.8. The molecule has 126 valence electrons. The highest BCUT2D eigenvalue weighted by atomic mass is 19.1. The summed E-state index contributed by atoms with van der Waals surface area (Å²) in [5, 5.41) is 16.1. The molecule has 0 spiro atoms. The molecule has 0 fully saturated rings. The smallest absolute Gasteiger partial charge is 0.188 e. The summed E-state index contributed by atoms with van der Waals surface area (Å²) < 4.78 is 13.8. The van der Waals surface area contributed by atoms with Crippen molar-refractivity contribution in [2.45, 2.75) is 13.5 Å². The van der Waals surface area contributed by atoms with Crippen LogP contribution in [0.4, 0.5) is 4.39 Å². The normalized spacial score (nSPS) is 11.2. The van der Waals surface area contributed by atoms with E-state index >= 15 is 0 Å². The summed E-state index contributed by atoms with van der Waals surface area (Å²) in [6.45, 7) is 1.76. The zero-order valence-corrected chi connectivity index (χ0v) is 13.7. The van der Waals surface area contributed by atoms with Gasteiger partial charge in [0.25, 0.3) is 0 Å². The molecule has 2 N–H and O–H groups in total.